The number of aliphatic hydroxyl groups excluding tert-OH is 1. The van der Waals surface area contributed by atoms with Gasteiger partial charge in [-0.3, -0.25) is 4.90 Å². The molecule has 0 radical (unpaired) electrons. The lowest BCUT2D eigenvalue weighted by Crippen LogP contribution is -2.54. The molecule has 0 spiro atoms. The summed E-state index contributed by atoms with van der Waals surface area (Å²) in [4.78, 5) is 2.51. The molecule has 92 valence electrons. The van der Waals surface area contributed by atoms with Crippen LogP contribution in [-0.4, -0.2) is 35.2 Å². The third-order valence-corrected chi connectivity index (χ3v) is 4.34. The van der Waals surface area contributed by atoms with Crippen molar-refractivity contribution in [2.45, 2.75) is 37.8 Å². The van der Waals surface area contributed by atoms with Crippen LogP contribution in [0.5, 0.6) is 0 Å². The lowest BCUT2D eigenvalue weighted by molar-refractivity contribution is -0.0274. The number of nitrogens with zero attached hydrogens (tertiary/aromatic N) is 1. The second kappa shape index (κ2) is 4.79. The summed E-state index contributed by atoms with van der Waals surface area (Å²) in [6.45, 7) is 2.05. The molecule has 2 nitrogen and oxygen atoms in total. The second-order valence-electron chi connectivity index (χ2n) is 5.54. The minimum Gasteiger partial charge on any atom is -0.392 e. The predicted octanol–water partition coefficient (Wildman–Crippen LogP) is 2.07. The number of benzene rings is 1. The standard InChI is InChI=1S/C15H21NO/c17-14-10-13-7-4-8-16(11-14)15(13)9-12-5-2-1-3-6-12/h1-3,5-6,13-15,17H,4,7-11H2. The second-order valence-corrected chi connectivity index (χ2v) is 5.54. The molecule has 1 aromatic rings. The molecular formula is C15H21NO. The Morgan fingerprint density at radius 2 is 2.06 bits per heavy atom. The Bertz CT molecular complexity index is 350. The zero-order chi connectivity index (χ0) is 11.7. The normalized spacial score (nSPS) is 36.8. The lowest BCUT2D eigenvalue weighted by atomic mass is 9.78. The maximum Gasteiger partial charge on any atom is 0.0670 e. The molecule has 2 heteroatoms. The number of hydrogen-bond donors (Lipinski definition) is 1. The number of hydrogen-bond acceptors (Lipinski definition) is 2. The van der Waals surface area contributed by atoms with Gasteiger partial charge in [-0.15, -0.1) is 0 Å². The molecule has 2 fully saturated rings. The molecule has 17 heavy (non-hydrogen) atoms. The molecule has 2 aliphatic heterocycles. The Morgan fingerprint density at radius 1 is 1.24 bits per heavy atom. The summed E-state index contributed by atoms with van der Waals surface area (Å²) in [5.41, 5.74) is 1.44. The van der Waals surface area contributed by atoms with Gasteiger partial charge in [-0.1, -0.05) is 30.3 Å². The van der Waals surface area contributed by atoms with Gasteiger partial charge in [0.2, 0.25) is 0 Å². The largest absolute Gasteiger partial charge is 0.392 e. The Hall–Kier alpha value is -0.860. The van der Waals surface area contributed by atoms with Crippen LogP contribution in [0.3, 0.4) is 0 Å². The van der Waals surface area contributed by atoms with Crippen molar-refractivity contribution in [2.75, 3.05) is 13.1 Å². The van der Waals surface area contributed by atoms with E-state index in [4.69, 9.17) is 0 Å². The maximum absolute atomic E-state index is 9.86. The van der Waals surface area contributed by atoms with Gasteiger partial charge in [0, 0.05) is 12.6 Å². The van der Waals surface area contributed by atoms with Crippen molar-refractivity contribution in [1.82, 2.24) is 4.90 Å². The fraction of sp³-hybridized carbons (Fsp3) is 0.600. The number of fused-ring (bicyclic) bond motifs is 2. The van der Waals surface area contributed by atoms with Crippen LogP contribution in [-0.2, 0) is 6.42 Å². The smallest absolute Gasteiger partial charge is 0.0670 e. The molecule has 4 atom stereocenters. The highest BCUT2D eigenvalue weighted by Crippen LogP contribution is 2.34. The maximum atomic E-state index is 9.86. The van der Waals surface area contributed by atoms with Crippen molar-refractivity contribution in [3.05, 3.63) is 35.9 Å². The van der Waals surface area contributed by atoms with Crippen LogP contribution in [0.25, 0.3) is 0 Å². The van der Waals surface area contributed by atoms with Crippen molar-refractivity contribution in [3.8, 4) is 0 Å². The average Bonchev–Trinajstić information content (AvgIpc) is 2.32. The fourth-order valence-corrected chi connectivity index (χ4v) is 3.56. The van der Waals surface area contributed by atoms with Crippen LogP contribution in [0.15, 0.2) is 30.3 Å². The van der Waals surface area contributed by atoms with Crippen LogP contribution >= 0.6 is 0 Å². The first-order valence-electron chi connectivity index (χ1n) is 6.79. The Balaban J connectivity index is 1.74. The van der Waals surface area contributed by atoms with Crippen LogP contribution in [0.1, 0.15) is 24.8 Å². The van der Waals surface area contributed by atoms with E-state index in [1.807, 2.05) is 0 Å². The molecule has 2 heterocycles. The predicted molar refractivity (Wildman–Crippen MR) is 68.9 cm³/mol. The topological polar surface area (TPSA) is 23.5 Å². The van der Waals surface area contributed by atoms with Gasteiger partial charge in [-0.25, -0.2) is 0 Å². The van der Waals surface area contributed by atoms with Crippen molar-refractivity contribution >= 4 is 0 Å². The molecule has 0 saturated carbocycles. The molecule has 2 bridgehead atoms. The van der Waals surface area contributed by atoms with Gasteiger partial charge in [0.15, 0.2) is 0 Å². The summed E-state index contributed by atoms with van der Waals surface area (Å²) in [6.07, 6.45) is 4.67. The van der Waals surface area contributed by atoms with Crippen molar-refractivity contribution in [2.24, 2.45) is 5.92 Å². The van der Waals surface area contributed by atoms with E-state index in [1.54, 1.807) is 0 Å². The van der Waals surface area contributed by atoms with E-state index in [1.165, 1.54) is 24.9 Å². The van der Waals surface area contributed by atoms with Crippen molar-refractivity contribution in [1.29, 1.82) is 0 Å². The fourth-order valence-electron chi connectivity index (χ4n) is 3.56. The van der Waals surface area contributed by atoms with E-state index >= 15 is 0 Å². The first-order valence-corrected chi connectivity index (χ1v) is 6.79. The van der Waals surface area contributed by atoms with Gasteiger partial charge >= 0.3 is 0 Å². The monoisotopic (exact) mass is 231 g/mol. The zero-order valence-corrected chi connectivity index (χ0v) is 10.3. The van der Waals surface area contributed by atoms with Crippen LogP contribution in [0.4, 0.5) is 0 Å². The van der Waals surface area contributed by atoms with E-state index in [2.05, 4.69) is 35.2 Å². The van der Waals surface area contributed by atoms with Crippen LogP contribution in [0.2, 0.25) is 0 Å². The highest BCUT2D eigenvalue weighted by Gasteiger charge is 2.37. The Morgan fingerprint density at radius 3 is 2.82 bits per heavy atom. The molecule has 1 aromatic carbocycles. The van der Waals surface area contributed by atoms with Crippen LogP contribution in [0, 0.1) is 5.92 Å². The summed E-state index contributed by atoms with van der Waals surface area (Å²) in [7, 11) is 0. The first-order chi connectivity index (χ1) is 8.33. The molecular weight excluding hydrogens is 210 g/mol. The van der Waals surface area contributed by atoms with Gasteiger partial charge in [0.1, 0.15) is 0 Å². The van der Waals surface area contributed by atoms with E-state index in [0.29, 0.717) is 12.0 Å². The SMILES string of the molecule is OC1CC2CCCN(C1)C2Cc1ccccc1. The van der Waals surface area contributed by atoms with Crippen molar-refractivity contribution < 1.29 is 5.11 Å². The minimum absolute atomic E-state index is 0.0904. The van der Waals surface area contributed by atoms with Gasteiger partial charge in [0.25, 0.3) is 0 Å². The summed E-state index contributed by atoms with van der Waals surface area (Å²) in [6, 6.07) is 11.4. The molecule has 3 rings (SSSR count). The van der Waals surface area contributed by atoms with Crippen LogP contribution < -0.4 is 0 Å². The van der Waals surface area contributed by atoms with Gasteiger partial charge < -0.3 is 5.11 Å². The highest BCUT2D eigenvalue weighted by molar-refractivity contribution is 5.17. The summed E-state index contributed by atoms with van der Waals surface area (Å²) in [5, 5.41) is 9.86. The molecule has 4 unspecified atom stereocenters. The van der Waals surface area contributed by atoms with Gasteiger partial charge in [-0.05, 0) is 43.7 Å². The minimum atomic E-state index is -0.0904. The number of aliphatic hydroxyl groups is 1. The third-order valence-electron chi connectivity index (χ3n) is 4.34. The van der Waals surface area contributed by atoms with E-state index in [9.17, 15) is 5.11 Å². The quantitative estimate of drug-likeness (QED) is 0.842. The van der Waals surface area contributed by atoms with Gasteiger partial charge in [0.05, 0.1) is 6.10 Å². The first kappa shape index (κ1) is 11.2. The summed E-state index contributed by atoms with van der Waals surface area (Å²) >= 11 is 0. The molecule has 0 aromatic heterocycles. The van der Waals surface area contributed by atoms with E-state index in [-0.39, 0.29) is 6.10 Å². The number of piperidine rings is 2. The Kier molecular flexibility index (Phi) is 3.17. The lowest BCUT2D eigenvalue weighted by Gasteiger charge is -2.47. The Labute approximate surface area is 103 Å². The number of rotatable bonds is 2. The third kappa shape index (κ3) is 2.38. The molecule has 2 aliphatic rings. The molecule has 0 amide bonds. The molecule has 1 N–H and O–H groups in total. The highest BCUT2D eigenvalue weighted by atomic mass is 16.3. The zero-order valence-electron chi connectivity index (χ0n) is 10.3. The van der Waals surface area contributed by atoms with E-state index < -0.39 is 0 Å². The van der Waals surface area contributed by atoms with E-state index in [0.717, 1.165) is 19.4 Å². The summed E-state index contributed by atoms with van der Waals surface area (Å²) < 4.78 is 0. The summed E-state index contributed by atoms with van der Waals surface area (Å²) in [5.74, 6) is 0.702. The molecule has 0 aliphatic carbocycles. The molecule has 2 saturated heterocycles. The average molecular weight is 231 g/mol. The van der Waals surface area contributed by atoms with Gasteiger partial charge in [-0.2, -0.15) is 0 Å². The van der Waals surface area contributed by atoms with Crippen molar-refractivity contribution in [3.63, 3.8) is 0 Å².